The first kappa shape index (κ1) is 24.4. The van der Waals surface area contributed by atoms with Crippen LogP contribution >= 0.6 is 0 Å². The van der Waals surface area contributed by atoms with Gasteiger partial charge < -0.3 is 24.2 Å². The lowest BCUT2D eigenvalue weighted by Gasteiger charge is -2.36. The Kier molecular flexibility index (Phi) is 7.58. The van der Waals surface area contributed by atoms with Crippen molar-refractivity contribution in [1.29, 1.82) is 0 Å². The van der Waals surface area contributed by atoms with Crippen LogP contribution in [-0.2, 0) is 11.3 Å². The molecule has 3 heterocycles. The third-order valence-electron chi connectivity index (χ3n) is 7.46. The van der Waals surface area contributed by atoms with Gasteiger partial charge in [-0.15, -0.1) is 0 Å². The van der Waals surface area contributed by atoms with Crippen molar-refractivity contribution < 1.29 is 14.6 Å². The molecule has 2 aliphatic rings. The number of ether oxygens (including phenoxy) is 1. The maximum Gasteiger partial charge on any atom is 0.255 e. The minimum absolute atomic E-state index is 0.0827. The summed E-state index contributed by atoms with van der Waals surface area (Å²) >= 11 is 0. The number of piperazine rings is 1. The van der Waals surface area contributed by atoms with E-state index in [-0.39, 0.29) is 12.0 Å². The van der Waals surface area contributed by atoms with Crippen LogP contribution in [0, 0.1) is 0 Å². The van der Waals surface area contributed by atoms with Gasteiger partial charge in [-0.1, -0.05) is 30.3 Å². The first-order valence-corrected chi connectivity index (χ1v) is 12.9. The molecule has 0 aliphatic carbocycles. The summed E-state index contributed by atoms with van der Waals surface area (Å²) in [4.78, 5) is 20.3. The fourth-order valence-electron chi connectivity index (χ4n) is 5.44. The first-order chi connectivity index (χ1) is 17.6. The maximum absolute atomic E-state index is 13.5. The quantitative estimate of drug-likeness (QED) is 0.520. The molecule has 1 fully saturated rings. The monoisotopic (exact) mass is 488 g/mol. The molecule has 1 unspecified atom stereocenters. The van der Waals surface area contributed by atoms with E-state index in [2.05, 4.69) is 26.5 Å². The topological polar surface area (TPSA) is 61.2 Å². The average molecular weight is 489 g/mol. The summed E-state index contributed by atoms with van der Waals surface area (Å²) < 4.78 is 8.03. The van der Waals surface area contributed by atoms with Crippen molar-refractivity contribution in [2.45, 2.75) is 25.5 Å². The predicted molar refractivity (Wildman–Crippen MR) is 142 cm³/mol. The summed E-state index contributed by atoms with van der Waals surface area (Å²) in [6, 6.07) is 19.8. The van der Waals surface area contributed by atoms with Crippen LogP contribution in [0.3, 0.4) is 0 Å². The van der Waals surface area contributed by atoms with Gasteiger partial charge in [0, 0.05) is 64.8 Å². The Labute approximate surface area is 213 Å². The Morgan fingerprint density at radius 3 is 2.39 bits per heavy atom. The number of rotatable bonds is 8. The van der Waals surface area contributed by atoms with Crippen molar-refractivity contribution in [3.63, 3.8) is 0 Å². The summed E-state index contributed by atoms with van der Waals surface area (Å²) in [7, 11) is 1.74. The summed E-state index contributed by atoms with van der Waals surface area (Å²) in [6.07, 6.45) is 3.71. The molecular formula is C29H36N4O3. The number of carbonyl (C=O) groups excluding carboxylic acids is 1. The molecule has 7 heteroatoms. The Morgan fingerprint density at radius 1 is 0.917 bits per heavy atom. The number of benzene rings is 2. The number of aromatic nitrogens is 1. The molecule has 1 atom stereocenters. The van der Waals surface area contributed by atoms with Crippen LogP contribution in [0.5, 0.6) is 5.75 Å². The molecule has 5 rings (SSSR count). The van der Waals surface area contributed by atoms with Crippen LogP contribution < -0.4 is 4.90 Å². The third-order valence-corrected chi connectivity index (χ3v) is 7.46. The zero-order valence-corrected chi connectivity index (χ0v) is 21.1. The average Bonchev–Trinajstić information content (AvgIpc) is 3.26. The Hall–Kier alpha value is -3.29. The highest BCUT2D eigenvalue weighted by atomic mass is 16.5. The van der Waals surface area contributed by atoms with Crippen molar-refractivity contribution in [3.05, 3.63) is 83.7 Å². The van der Waals surface area contributed by atoms with Crippen molar-refractivity contribution in [2.24, 2.45) is 0 Å². The number of nitrogens with zero attached hydrogens (tertiary/aromatic N) is 4. The van der Waals surface area contributed by atoms with Gasteiger partial charge in [0.1, 0.15) is 5.75 Å². The molecular weight excluding hydrogens is 452 g/mol. The van der Waals surface area contributed by atoms with E-state index in [0.717, 1.165) is 75.6 Å². The van der Waals surface area contributed by atoms with E-state index >= 15 is 0 Å². The van der Waals surface area contributed by atoms with Crippen molar-refractivity contribution in [1.82, 2.24) is 14.4 Å². The second-order valence-electron chi connectivity index (χ2n) is 9.73. The van der Waals surface area contributed by atoms with Gasteiger partial charge in [0.05, 0.1) is 17.4 Å². The Bertz CT molecular complexity index is 1140. The summed E-state index contributed by atoms with van der Waals surface area (Å²) in [5.74, 6) is 0.422. The van der Waals surface area contributed by atoms with Crippen LogP contribution in [0.15, 0.2) is 66.9 Å². The minimum atomic E-state index is -0.0827. The number of amides is 1. The highest BCUT2D eigenvalue weighted by molar-refractivity contribution is 5.96. The fourth-order valence-corrected chi connectivity index (χ4v) is 5.44. The van der Waals surface area contributed by atoms with Gasteiger partial charge >= 0.3 is 0 Å². The maximum atomic E-state index is 13.5. The number of anilines is 1. The van der Waals surface area contributed by atoms with Gasteiger partial charge in [0.25, 0.3) is 5.91 Å². The molecule has 0 saturated carbocycles. The molecule has 1 amide bonds. The number of hydrogen-bond acceptors (Lipinski definition) is 5. The van der Waals surface area contributed by atoms with Crippen molar-refractivity contribution in [3.8, 4) is 5.75 Å². The van der Waals surface area contributed by atoms with Crippen LogP contribution in [0.25, 0.3) is 0 Å². The molecule has 36 heavy (non-hydrogen) atoms. The lowest BCUT2D eigenvalue weighted by molar-refractivity contribution is 0.0688. The van der Waals surface area contributed by atoms with E-state index in [1.54, 1.807) is 19.2 Å². The molecule has 0 spiro atoms. The van der Waals surface area contributed by atoms with E-state index in [1.165, 1.54) is 5.56 Å². The Balaban J connectivity index is 1.16. The molecule has 2 aliphatic heterocycles. The van der Waals surface area contributed by atoms with E-state index < -0.39 is 0 Å². The summed E-state index contributed by atoms with van der Waals surface area (Å²) in [6.45, 7) is 7.16. The normalized spacial score (nSPS) is 18.8. The number of methoxy groups -OCH3 is 1. The zero-order chi connectivity index (χ0) is 24.9. The smallest absolute Gasteiger partial charge is 0.255 e. The number of hydrogen-bond donors (Lipinski definition) is 1. The summed E-state index contributed by atoms with van der Waals surface area (Å²) in [5, 5.41) is 9.52. The molecule has 7 nitrogen and oxygen atoms in total. The van der Waals surface area contributed by atoms with Crippen LogP contribution in [0.1, 0.15) is 40.6 Å². The van der Waals surface area contributed by atoms with Gasteiger partial charge in [-0.25, -0.2) is 0 Å². The highest BCUT2D eigenvalue weighted by Crippen LogP contribution is 2.31. The van der Waals surface area contributed by atoms with Crippen LogP contribution in [0.2, 0.25) is 0 Å². The summed E-state index contributed by atoms with van der Waals surface area (Å²) in [5.41, 5.74) is 4.15. The van der Waals surface area contributed by atoms with E-state index in [9.17, 15) is 9.90 Å². The number of fused-ring (bicyclic) bond motifs is 1. The lowest BCUT2D eigenvalue weighted by Crippen LogP contribution is -2.47. The molecule has 190 valence electrons. The van der Waals surface area contributed by atoms with Crippen LogP contribution in [-0.4, -0.2) is 78.3 Å². The van der Waals surface area contributed by atoms with E-state index in [0.29, 0.717) is 12.3 Å². The SMILES string of the molecule is COC1CCN(CCCN2CCN(c3ccc(O)cc3)CC2)C(=O)c2ccn(Cc3ccccc3)c21. The Morgan fingerprint density at radius 2 is 1.67 bits per heavy atom. The second-order valence-corrected chi connectivity index (χ2v) is 9.73. The van der Waals surface area contributed by atoms with Gasteiger partial charge in [-0.3, -0.25) is 9.69 Å². The third kappa shape index (κ3) is 5.42. The molecule has 2 aromatic carbocycles. The van der Waals surface area contributed by atoms with Crippen molar-refractivity contribution >= 4 is 11.6 Å². The second kappa shape index (κ2) is 11.2. The molecule has 1 saturated heterocycles. The first-order valence-electron chi connectivity index (χ1n) is 12.9. The largest absolute Gasteiger partial charge is 0.508 e. The van der Waals surface area contributed by atoms with Gasteiger partial charge in [-0.05, 0) is 55.3 Å². The molecule has 3 aromatic rings. The molecule has 1 aromatic heterocycles. The molecule has 0 radical (unpaired) electrons. The van der Waals surface area contributed by atoms with Gasteiger partial charge in [0.2, 0.25) is 0 Å². The van der Waals surface area contributed by atoms with Crippen molar-refractivity contribution in [2.75, 3.05) is 57.8 Å². The number of aromatic hydroxyl groups is 1. The molecule has 0 bridgehead atoms. The lowest BCUT2D eigenvalue weighted by atomic mass is 10.1. The van der Waals surface area contributed by atoms with Gasteiger partial charge in [0.15, 0.2) is 0 Å². The van der Waals surface area contributed by atoms with E-state index in [4.69, 9.17) is 4.74 Å². The number of phenols is 1. The highest BCUT2D eigenvalue weighted by Gasteiger charge is 2.31. The standard InChI is InChI=1S/C29H36N4O3/c1-36-27-13-17-32(29(35)26-12-16-33(28(26)27)22-23-6-3-2-4-7-23)15-5-14-30-18-20-31(21-19-30)24-8-10-25(34)11-9-24/h2-4,6-12,16,27,34H,5,13-15,17-22H2,1H3. The molecule has 1 N–H and O–H groups in total. The number of carbonyl (C=O) groups is 1. The number of phenolic OH excluding ortho intramolecular Hbond substituents is 1. The fraction of sp³-hybridized carbons (Fsp3) is 0.414. The predicted octanol–water partition coefficient (Wildman–Crippen LogP) is 3.99. The van der Waals surface area contributed by atoms with Crippen LogP contribution in [0.4, 0.5) is 5.69 Å². The van der Waals surface area contributed by atoms with E-state index in [1.807, 2.05) is 47.5 Å². The zero-order valence-electron chi connectivity index (χ0n) is 21.1. The van der Waals surface area contributed by atoms with Gasteiger partial charge in [-0.2, -0.15) is 0 Å². The minimum Gasteiger partial charge on any atom is -0.508 e.